The maximum atomic E-state index is 12.0. The maximum absolute atomic E-state index is 12.0. The van der Waals surface area contributed by atoms with E-state index < -0.39 is 41.6 Å². The number of H-pyrrole nitrogens is 1. The Morgan fingerprint density at radius 1 is 1.38 bits per heavy atom. The van der Waals surface area contributed by atoms with Crippen molar-refractivity contribution in [2.45, 2.75) is 44.2 Å². The molecule has 2 aliphatic rings. The number of nitrogens with one attached hydrogen (secondary N) is 1. The molecule has 2 unspecified atom stereocenters. The fraction of sp³-hybridized carbons (Fsp3) is 0.667. The van der Waals surface area contributed by atoms with Gasteiger partial charge in [-0.1, -0.05) is 0 Å². The number of hydrogen-bond acceptors (Lipinski definition) is 6. The zero-order valence-corrected chi connectivity index (χ0v) is 13.6. The molecule has 0 aromatic carbocycles. The molecular weight excluding hydrogens is 395 g/mol. The van der Waals surface area contributed by atoms with Gasteiger partial charge >= 0.3 is 5.69 Å². The summed E-state index contributed by atoms with van der Waals surface area (Å²) in [5.74, 6) is -0.816. The van der Waals surface area contributed by atoms with Crippen molar-refractivity contribution in [2.24, 2.45) is 0 Å². The third-order valence-electron chi connectivity index (χ3n) is 3.50. The number of rotatable bonds is 2. The van der Waals surface area contributed by atoms with Gasteiger partial charge in [0.05, 0.1) is 10.2 Å². The van der Waals surface area contributed by atoms with E-state index in [9.17, 15) is 14.7 Å². The first kappa shape index (κ1) is 15.2. The van der Waals surface area contributed by atoms with Crippen molar-refractivity contribution >= 4 is 22.6 Å². The summed E-state index contributed by atoms with van der Waals surface area (Å²) in [7, 11) is 0. The van der Waals surface area contributed by atoms with Crippen molar-refractivity contribution in [3.63, 3.8) is 0 Å². The molecular formula is C12H15IN2O6. The highest BCUT2D eigenvalue weighted by Gasteiger charge is 2.55. The fourth-order valence-corrected chi connectivity index (χ4v) is 3.11. The van der Waals surface area contributed by atoms with Gasteiger partial charge in [0, 0.05) is 6.20 Å². The number of aliphatic hydroxyl groups excluding tert-OH is 1. The number of fused-ring (bicyclic) bond motifs is 1. The Morgan fingerprint density at radius 3 is 2.71 bits per heavy atom. The van der Waals surface area contributed by atoms with Crippen molar-refractivity contribution in [3.05, 3.63) is 30.6 Å². The van der Waals surface area contributed by atoms with Crippen LogP contribution >= 0.6 is 22.6 Å². The van der Waals surface area contributed by atoms with Gasteiger partial charge in [0.15, 0.2) is 12.0 Å². The van der Waals surface area contributed by atoms with Gasteiger partial charge < -0.3 is 19.3 Å². The van der Waals surface area contributed by atoms with E-state index in [1.165, 1.54) is 10.8 Å². The zero-order valence-electron chi connectivity index (χ0n) is 11.4. The number of nitrogens with zero attached hydrogens (tertiary/aromatic N) is 1. The summed E-state index contributed by atoms with van der Waals surface area (Å²) in [4.78, 5) is 25.7. The van der Waals surface area contributed by atoms with E-state index >= 15 is 0 Å². The molecule has 0 bridgehead atoms. The van der Waals surface area contributed by atoms with Crippen LogP contribution in [0.5, 0.6) is 0 Å². The van der Waals surface area contributed by atoms with Crippen molar-refractivity contribution < 1.29 is 19.3 Å². The Balaban J connectivity index is 2.01. The molecule has 3 rings (SSSR count). The molecule has 2 saturated heterocycles. The average Bonchev–Trinajstić information content (AvgIpc) is 2.87. The first-order valence-corrected chi connectivity index (χ1v) is 7.53. The monoisotopic (exact) mass is 410 g/mol. The predicted octanol–water partition coefficient (Wildman–Crippen LogP) is -0.449. The Morgan fingerprint density at radius 2 is 2.05 bits per heavy atom. The summed E-state index contributed by atoms with van der Waals surface area (Å²) in [5, 5.41) is 9.41. The minimum absolute atomic E-state index is 0.244. The number of aliphatic hydroxyl groups is 1. The first-order chi connectivity index (χ1) is 9.82. The smallest absolute Gasteiger partial charge is 0.330 e. The molecule has 9 heteroatoms. The topological polar surface area (TPSA) is 103 Å². The SMILES string of the molecule is CC1(C)O[C@@H]2C(CO)OC(n3cc(I)c(=O)[nH]c3=O)[C@@H]2O1. The number of ether oxygens (including phenoxy) is 3. The summed E-state index contributed by atoms with van der Waals surface area (Å²) in [6.07, 6.45) is -0.925. The Kier molecular flexibility index (Phi) is 3.72. The molecule has 116 valence electrons. The summed E-state index contributed by atoms with van der Waals surface area (Å²) in [6, 6.07) is 0. The second-order valence-corrected chi connectivity index (χ2v) is 6.62. The van der Waals surface area contributed by atoms with Crippen LogP contribution in [-0.2, 0) is 14.2 Å². The second-order valence-electron chi connectivity index (χ2n) is 5.46. The lowest BCUT2D eigenvalue weighted by molar-refractivity contribution is -0.200. The number of aromatic amines is 1. The van der Waals surface area contributed by atoms with Crippen molar-refractivity contribution in [3.8, 4) is 0 Å². The highest BCUT2D eigenvalue weighted by molar-refractivity contribution is 14.1. The third kappa shape index (κ3) is 2.57. The standard InChI is InChI=1S/C12H15IN2O6/c1-12(2)20-7-6(4-16)19-10(8(7)21-12)15-3-5(13)9(17)14-11(15)18/h3,6-8,10,16H,4H2,1-2H3,(H,14,17,18)/t6?,7-,8-,10?/m1/s1. The Bertz CT molecular complexity index is 668. The first-order valence-electron chi connectivity index (χ1n) is 6.45. The molecule has 8 nitrogen and oxygen atoms in total. The van der Waals surface area contributed by atoms with Gasteiger partial charge in [-0.15, -0.1) is 0 Å². The molecule has 4 atom stereocenters. The predicted molar refractivity (Wildman–Crippen MR) is 78.9 cm³/mol. The van der Waals surface area contributed by atoms with Gasteiger partial charge in [-0.2, -0.15) is 0 Å². The van der Waals surface area contributed by atoms with E-state index in [1.807, 2.05) is 22.6 Å². The molecule has 2 fully saturated rings. The highest BCUT2D eigenvalue weighted by atomic mass is 127. The molecule has 2 N–H and O–H groups in total. The van der Waals surface area contributed by atoms with Crippen LogP contribution in [0, 0.1) is 3.57 Å². The largest absolute Gasteiger partial charge is 0.394 e. The molecule has 1 aromatic heterocycles. The lowest BCUT2D eigenvalue weighted by Crippen LogP contribution is -2.38. The van der Waals surface area contributed by atoms with E-state index in [0.29, 0.717) is 3.57 Å². The molecule has 0 aliphatic carbocycles. The highest BCUT2D eigenvalue weighted by Crippen LogP contribution is 2.42. The molecule has 1 aromatic rings. The Hall–Kier alpha value is -0.750. The van der Waals surface area contributed by atoms with Gasteiger partial charge in [0.25, 0.3) is 5.56 Å². The number of halogens is 1. The minimum atomic E-state index is -0.816. The van der Waals surface area contributed by atoms with Crippen LogP contribution < -0.4 is 11.2 Å². The molecule has 3 heterocycles. The van der Waals surface area contributed by atoms with Gasteiger partial charge in [0.2, 0.25) is 0 Å². The van der Waals surface area contributed by atoms with Crippen LogP contribution in [-0.4, -0.2) is 45.4 Å². The normalized spacial score (nSPS) is 34.1. The van der Waals surface area contributed by atoms with E-state index in [1.54, 1.807) is 13.8 Å². The van der Waals surface area contributed by atoms with Crippen LogP contribution in [0.2, 0.25) is 0 Å². The third-order valence-corrected chi connectivity index (χ3v) is 4.27. The summed E-state index contributed by atoms with van der Waals surface area (Å²) < 4.78 is 18.8. The van der Waals surface area contributed by atoms with Gasteiger partial charge in [-0.3, -0.25) is 14.3 Å². The van der Waals surface area contributed by atoms with E-state index in [0.717, 1.165) is 0 Å². The molecule has 0 saturated carbocycles. The lowest BCUT2D eigenvalue weighted by Gasteiger charge is -2.24. The number of hydrogen-bond donors (Lipinski definition) is 2. The van der Waals surface area contributed by atoms with Crippen LogP contribution in [0.15, 0.2) is 15.8 Å². The van der Waals surface area contributed by atoms with Crippen molar-refractivity contribution in [2.75, 3.05) is 6.61 Å². The van der Waals surface area contributed by atoms with E-state index in [4.69, 9.17) is 14.2 Å². The van der Waals surface area contributed by atoms with E-state index in [-0.39, 0.29) is 6.61 Å². The van der Waals surface area contributed by atoms with Gasteiger partial charge in [-0.05, 0) is 36.4 Å². The molecule has 0 amide bonds. The maximum Gasteiger partial charge on any atom is 0.330 e. The molecule has 2 aliphatic heterocycles. The summed E-state index contributed by atoms with van der Waals surface area (Å²) in [5.41, 5.74) is -1.04. The van der Waals surface area contributed by atoms with Gasteiger partial charge in [-0.25, -0.2) is 4.79 Å². The van der Waals surface area contributed by atoms with Crippen LogP contribution in [0.4, 0.5) is 0 Å². The zero-order chi connectivity index (χ0) is 15.4. The fourth-order valence-electron chi connectivity index (χ4n) is 2.68. The summed E-state index contributed by atoms with van der Waals surface area (Å²) >= 11 is 1.83. The van der Waals surface area contributed by atoms with Gasteiger partial charge in [0.1, 0.15) is 18.3 Å². The van der Waals surface area contributed by atoms with Crippen LogP contribution in [0.25, 0.3) is 0 Å². The van der Waals surface area contributed by atoms with Crippen molar-refractivity contribution in [1.29, 1.82) is 0 Å². The van der Waals surface area contributed by atoms with E-state index in [2.05, 4.69) is 4.98 Å². The second kappa shape index (κ2) is 5.16. The van der Waals surface area contributed by atoms with Crippen LogP contribution in [0.1, 0.15) is 20.1 Å². The molecule has 0 radical (unpaired) electrons. The summed E-state index contributed by atoms with van der Waals surface area (Å²) in [6.45, 7) is 3.28. The molecule has 21 heavy (non-hydrogen) atoms. The van der Waals surface area contributed by atoms with Crippen LogP contribution in [0.3, 0.4) is 0 Å². The average molecular weight is 410 g/mol. The van der Waals surface area contributed by atoms with Crippen molar-refractivity contribution in [1.82, 2.24) is 9.55 Å². The minimum Gasteiger partial charge on any atom is -0.394 e. The number of aromatic nitrogens is 2. The molecule has 0 spiro atoms. The Labute approximate surface area is 133 Å². The lowest BCUT2D eigenvalue weighted by atomic mass is 10.1. The quantitative estimate of drug-likeness (QED) is 0.641.